The topological polar surface area (TPSA) is 0 Å². The number of rotatable bonds is 3. The second-order valence-electron chi connectivity index (χ2n) is 4.96. The first-order chi connectivity index (χ1) is 10.2. The fourth-order valence-corrected chi connectivity index (χ4v) is 3.50. The number of hydrogen-bond donors (Lipinski definition) is 0. The molecule has 3 aromatic carbocycles. The van der Waals surface area contributed by atoms with Gasteiger partial charge in [-0.05, 0) is 34.9 Å². The van der Waals surface area contributed by atoms with Gasteiger partial charge in [-0.2, -0.15) is 0 Å². The summed E-state index contributed by atoms with van der Waals surface area (Å²) in [5.41, 5.74) is 3.71. The minimum Gasteiger partial charge on any atom is -0.0843 e. The van der Waals surface area contributed by atoms with E-state index in [0.29, 0.717) is 0 Å². The summed E-state index contributed by atoms with van der Waals surface area (Å²) in [7, 11) is 0. The predicted molar refractivity (Wildman–Crippen MR) is 93.0 cm³/mol. The molecule has 0 saturated carbocycles. The standard InChI is InChI=1S/C19H14BrCl/c20-17-11-16(12-18(21)13-17)19(14-7-3-1-4-8-14)15-9-5-2-6-10-15/h1-13,19H. The summed E-state index contributed by atoms with van der Waals surface area (Å²) in [4.78, 5) is 0. The molecule has 0 aliphatic heterocycles. The van der Waals surface area contributed by atoms with Gasteiger partial charge in [0.1, 0.15) is 0 Å². The molecule has 0 aliphatic carbocycles. The summed E-state index contributed by atoms with van der Waals surface area (Å²) in [6.45, 7) is 0. The van der Waals surface area contributed by atoms with Crippen molar-refractivity contribution in [3.63, 3.8) is 0 Å². The third-order valence-corrected chi connectivity index (χ3v) is 4.16. The van der Waals surface area contributed by atoms with Crippen LogP contribution in [0.5, 0.6) is 0 Å². The molecule has 0 atom stereocenters. The molecule has 104 valence electrons. The van der Waals surface area contributed by atoms with E-state index in [1.54, 1.807) is 0 Å². The highest BCUT2D eigenvalue weighted by Gasteiger charge is 2.17. The van der Waals surface area contributed by atoms with E-state index in [2.05, 4.69) is 70.5 Å². The Kier molecular flexibility index (Phi) is 4.42. The molecule has 21 heavy (non-hydrogen) atoms. The van der Waals surface area contributed by atoms with Crippen molar-refractivity contribution in [2.45, 2.75) is 5.92 Å². The van der Waals surface area contributed by atoms with E-state index in [1.807, 2.05) is 24.3 Å². The minimum absolute atomic E-state index is 0.183. The van der Waals surface area contributed by atoms with Crippen LogP contribution >= 0.6 is 27.5 Å². The second kappa shape index (κ2) is 6.46. The predicted octanol–water partition coefficient (Wildman–Crippen LogP) is 6.28. The fourth-order valence-electron chi connectivity index (χ4n) is 2.61. The average molecular weight is 358 g/mol. The first kappa shape index (κ1) is 14.4. The molecule has 0 fully saturated rings. The highest BCUT2D eigenvalue weighted by atomic mass is 79.9. The van der Waals surface area contributed by atoms with Gasteiger partial charge < -0.3 is 0 Å². The SMILES string of the molecule is Clc1cc(Br)cc(C(c2ccccc2)c2ccccc2)c1. The van der Waals surface area contributed by atoms with E-state index in [4.69, 9.17) is 11.6 Å². The van der Waals surface area contributed by atoms with E-state index < -0.39 is 0 Å². The van der Waals surface area contributed by atoms with Gasteiger partial charge in [-0.15, -0.1) is 0 Å². The van der Waals surface area contributed by atoms with Crippen LogP contribution < -0.4 is 0 Å². The van der Waals surface area contributed by atoms with E-state index >= 15 is 0 Å². The lowest BCUT2D eigenvalue weighted by Crippen LogP contribution is -2.03. The normalized spacial score (nSPS) is 10.8. The lowest BCUT2D eigenvalue weighted by Gasteiger charge is -2.19. The van der Waals surface area contributed by atoms with Crippen LogP contribution in [0.4, 0.5) is 0 Å². The molecule has 3 rings (SSSR count). The molecule has 0 amide bonds. The zero-order valence-corrected chi connectivity index (χ0v) is 13.7. The molecule has 0 aliphatic rings. The molecule has 0 nitrogen and oxygen atoms in total. The first-order valence-electron chi connectivity index (χ1n) is 6.80. The van der Waals surface area contributed by atoms with Crippen molar-refractivity contribution in [3.8, 4) is 0 Å². The maximum Gasteiger partial charge on any atom is 0.0420 e. The van der Waals surface area contributed by atoms with Gasteiger partial charge in [-0.25, -0.2) is 0 Å². The number of benzene rings is 3. The van der Waals surface area contributed by atoms with E-state index in [0.717, 1.165) is 9.50 Å². The molecular formula is C19H14BrCl. The van der Waals surface area contributed by atoms with Crippen LogP contribution in [-0.4, -0.2) is 0 Å². The van der Waals surface area contributed by atoms with Crippen LogP contribution in [0, 0.1) is 0 Å². The van der Waals surface area contributed by atoms with Gasteiger partial charge in [0.2, 0.25) is 0 Å². The van der Waals surface area contributed by atoms with Crippen LogP contribution in [0.1, 0.15) is 22.6 Å². The summed E-state index contributed by atoms with van der Waals surface area (Å²) in [5, 5.41) is 0.747. The highest BCUT2D eigenvalue weighted by molar-refractivity contribution is 9.10. The number of hydrogen-bond acceptors (Lipinski definition) is 0. The molecule has 0 saturated heterocycles. The molecular weight excluding hydrogens is 344 g/mol. The van der Waals surface area contributed by atoms with Gasteiger partial charge in [0.25, 0.3) is 0 Å². The highest BCUT2D eigenvalue weighted by Crippen LogP contribution is 2.34. The van der Waals surface area contributed by atoms with E-state index in [-0.39, 0.29) is 5.92 Å². The lowest BCUT2D eigenvalue weighted by molar-refractivity contribution is 0.976. The smallest absolute Gasteiger partial charge is 0.0420 e. The largest absolute Gasteiger partial charge is 0.0843 e. The second-order valence-corrected chi connectivity index (χ2v) is 6.31. The quantitative estimate of drug-likeness (QED) is 0.484. The minimum atomic E-state index is 0.183. The third kappa shape index (κ3) is 3.37. The summed E-state index contributed by atoms with van der Waals surface area (Å²) in [6.07, 6.45) is 0. The van der Waals surface area contributed by atoms with Gasteiger partial charge in [0, 0.05) is 15.4 Å². The molecule has 0 radical (unpaired) electrons. The van der Waals surface area contributed by atoms with Gasteiger partial charge in [-0.3, -0.25) is 0 Å². The Bertz CT molecular complexity index is 663. The van der Waals surface area contributed by atoms with Crippen LogP contribution in [0.3, 0.4) is 0 Å². The van der Waals surface area contributed by atoms with Crippen molar-refractivity contribution in [3.05, 3.63) is 105 Å². The average Bonchev–Trinajstić information content (AvgIpc) is 2.49. The summed E-state index contributed by atoms with van der Waals surface area (Å²) in [5.74, 6) is 0.183. The Morgan fingerprint density at radius 3 is 1.67 bits per heavy atom. The third-order valence-electron chi connectivity index (χ3n) is 3.48. The maximum absolute atomic E-state index is 6.24. The maximum atomic E-state index is 6.24. The Morgan fingerprint density at radius 1 is 0.667 bits per heavy atom. The van der Waals surface area contributed by atoms with Gasteiger partial charge in [-0.1, -0.05) is 88.2 Å². The Labute approximate surface area is 138 Å². The molecule has 0 N–H and O–H groups in total. The Morgan fingerprint density at radius 2 is 1.19 bits per heavy atom. The molecule has 0 unspecified atom stereocenters. The van der Waals surface area contributed by atoms with Crippen LogP contribution in [-0.2, 0) is 0 Å². The monoisotopic (exact) mass is 356 g/mol. The molecule has 0 spiro atoms. The molecule has 0 heterocycles. The van der Waals surface area contributed by atoms with E-state index in [1.165, 1.54) is 16.7 Å². The number of halogens is 2. The van der Waals surface area contributed by atoms with Crippen molar-refractivity contribution >= 4 is 27.5 Å². The summed E-state index contributed by atoms with van der Waals surface area (Å²) in [6, 6.07) is 27.1. The molecule has 3 aromatic rings. The van der Waals surface area contributed by atoms with Crippen molar-refractivity contribution < 1.29 is 0 Å². The summed E-state index contributed by atoms with van der Waals surface area (Å²) < 4.78 is 1.00. The summed E-state index contributed by atoms with van der Waals surface area (Å²) >= 11 is 9.78. The fraction of sp³-hybridized carbons (Fsp3) is 0.0526. The van der Waals surface area contributed by atoms with Gasteiger partial charge >= 0.3 is 0 Å². The van der Waals surface area contributed by atoms with Crippen molar-refractivity contribution in [1.29, 1.82) is 0 Å². The molecule has 0 bridgehead atoms. The van der Waals surface area contributed by atoms with Gasteiger partial charge in [0.05, 0.1) is 0 Å². The zero-order chi connectivity index (χ0) is 14.7. The Balaban J connectivity index is 2.17. The van der Waals surface area contributed by atoms with Gasteiger partial charge in [0.15, 0.2) is 0 Å². The molecule has 2 heteroatoms. The van der Waals surface area contributed by atoms with Crippen molar-refractivity contribution in [2.75, 3.05) is 0 Å². The van der Waals surface area contributed by atoms with E-state index in [9.17, 15) is 0 Å². The van der Waals surface area contributed by atoms with Crippen molar-refractivity contribution in [2.24, 2.45) is 0 Å². The first-order valence-corrected chi connectivity index (χ1v) is 7.97. The van der Waals surface area contributed by atoms with Crippen LogP contribution in [0.25, 0.3) is 0 Å². The lowest BCUT2D eigenvalue weighted by atomic mass is 9.85. The zero-order valence-electron chi connectivity index (χ0n) is 11.3. The Hall–Kier alpha value is -1.57. The molecule has 0 aromatic heterocycles. The van der Waals surface area contributed by atoms with Crippen molar-refractivity contribution in [1.82, 2.24) is 0 Å². The van der Waals surface area contributed by atoms with Crippen LogP contribution in [0.15, 0.2) is 83.3 Å². The van der Waals surface area contributed by atoms with Crippen LogP contribution in [0.2, 0.25) is 5.02 Å².